The number of benzene rings is 3. The molecule has 324 valence electrons. The van der Waals surface area contributed by atoms with E-state index in [9.17, 15) is 19.2 Å². The number of piperidine rings is 1. The fourth-order valence-electron chi connectivity index (χ4n) is 10.2. The molecule has 2 saturated heterocycles. The number of nitrogens with zero attached hydrogens (tertiary/aromatic N) is 4. The number of hydrogen-bond acceptors (Lipinski definition) is 8. The van der Waals surface area contributed by atoms with Crippen LogP contribution in [0.2, 0.25) is 0 Å². The Bertz CT molecular complexity index is 2510. The summed E-state index contributed by atoms with van der Waals surface area (Å²) in [5.74, 6) is 1.44. The van der Waals surface area contributed by atoms with Gasteiger partial charge in [0.05, 0.1) is 50.1 Å². The summed E-state index contributed by atoms with van der Waals surface area (Å²) >= 11 is 0. The zero-order chi connectivity index (χ0) is 43.4. The number of alkyl carbamates (subject to hydrolysis) is 2. The molecule has 14 heteroatoms. The number of likely N-dealkylation sites (tertiary alicyclic amines) is 2. The van der Waals surface area contributed by atoms with Gasteiger partial charge in [-0.2, -0.15) is 0 Å². The first-order valence-corrected chi connectivity index (χ1v) is 21.9. The average molecular weight is 841 g/mol. The van der Waals surface area contributed by atoms with Gasteiger partial charge in [0, 0.05) is 18.2 Å². The van der Waals surface area contributed by atoms with E-state index in [4.69, 9.17) is 19.4 Å². The van der Waals surface area contributed by atoms with Crippen molar-refractivity contribution in [2.75, 3.05) is 20.8 Å². The van der Waals surface area contributed by atoms with Crippen molar-refractivity contribution in [3.63, 3.8) is 0 Å². The van der Waals surface area contributed by atoms with Crippen LogP contribution in [0.25, 0.3) is 44.4 Å². The summed E-state index contributed by atoms with van der Waals surface area (Å²) in [6.07, 6.45) is 8.43. The van der Waals surface area contributed by atoms with Crippen molar-refractivity contribution in [1.82, 2.24) is 40.4 Å². The van der Waals surface area contributed by atoms with E-state index in [1.54, 1.807) is 0 Å². The molecule has 2 aromatic heterocycles. The number of carbonyl (C=O) groups is 4. The Morgan fingerprint density at radius 1 is 0.710 bits per heavy atom. The van der Waals surface area contributed by atoms with Crippen molar-refractivity contribution in [2.45, 2.75) is 96.4 Å². The van der Waals surface area contributed by atoms with Gasteiger partial charge in [0.2, 0.25) is 11.8 Å². The molecule has 2 aliphatic heterocycles. The third-order valence-corrected chi connectivity index (χ3v) is 13.8. The van der Waals surface area contributed by atoms with Crippen molar-refractivity contribution in [3.05, 3.63) is 84.7 Å². The highest BCUT2D eigenvalue weighted by atomic mass is 16.5. The first kappa shape index (κ1) is 41.2. The van der Waals surface area contributed by atoms with Gasteiger partial charge in [-0.1, -0.05) is 76.2 Å². The molecule has 4 heterocycles. The van der Waals surface area contributed by atoms with Crippen LogP contribution in [-0.2, 0) is 19.1 Å². The zero-order valence-corrected chi connectivity index (χ0v) is 36.2. The number of ether oxygens (including phenoxy) is 2. The minimum absolute atomic E-state index is 0.0905. The fraction of sp³-hybridized carbons (Fsp3) is 0.458. The number of amides is 4. The highest BCUT2D eigenvalue weighted by Crippen LogP contribution is 2.58. The number of aromatic amines is 2. The Kier molecular flexibility index (Phi) is 10.8. The number of imidazole rings is 2. The summed E-state index contributed by atoms with van der Waals surface area (Å²) in [6, 6.07) is 19.7. The molecule has 2 unspecified atom stereocenters. The van der Waals surface area contributed by atoms with Gasteiger partial charge in [-0.25, -0.2) is 19.6 Å². The first-order valence-electron chi connectivity index (χ1n) is 21.9. The lowest BCUT2D eigenvalue weighted by Crippen LogP contribution is -2.54. The molecule has 2 bridgehead atoms. The van der Waals surface area contributed by atoms with Crippen molar-refractivity contribution >= 4 is 34.8 Å². The number of nitrogens with one attached hydrogen (secondary N) is 4. The molecular weight excluding hydrogens is 785 g/mol. The van der Waals surface area contributed by atoms with Gasteiger partial charge in [-0.15, -0.1) is 0 Å². The van der Waals surface area contributed by atoms with E-state index in [1.165, 1.54) is 14.2 Å². The number of H-pyrrole nitrogens is 2. The maximum Gasteiger partial charge on any atom is 0.407 e. The molecule has 1 spiro atoms. The lowest BCUT2D eigenvalue weighted by Gasteiger charge is -2.37. The predicted octanol–water partition coefficient (Wildman–Crippen LogP) is 8.15. The third kappa shape index (κ3) is 7.68. The molecule has 62 heavy (non-hydrogen) atoms. The SMILES string of the molecule is COC(=O)N[C@H](C(=O)N1CC2(CC2)C[C@H]1c1ncc(-c2ccc(-c3ccc4cc(-c5cnc(C6C7CC[C@H](C7)N6C(=O)[C@@H](NC(=O)OC)C(C)C)[nH]5)ccc4c3)cc2)[nH]1)C(C)C. The van der Waals surface area contributed by atoms with Crippen LogP contribution in [-0.4, -0.2) is 92.6 Å². The van der Waals surface area contributed by atoms with Crippen molar-refractivity contribution in [2.24, 2.45) is 23.2 Å². The largest absolute Gasteiger partial charge is 0.453 e. The molecular formula is C48H56N8O6. The van der Waals surface area contributed by atoms with Crippen LogP contribution < -0.4 is 10.6 Å². The third-order valence-electron chi connectivity index (χ3n) is 13.8. The second kappa shape index (κ2) is 16.3. The molecule has 2 aliphatic carbocycles. The van der Waals surface area contributed by atoms with Crippen LogP contribution in [0, 0.1) is 23.2 Å². The smallest absolute Gasteiger partial charge is 0.407 e. The molecule has 9 rings (SSSR count). The predicted molar refractivity (Wildman–Crippen MR) is 234 cm³/mol. The summed E-state index contributed by atoms with van der Waals surface area (Å²) in [6.45, 7) is 8.37. The Morgan fingerprint density at radius 3 is 1.89 bits per heavy atom. The standard InChI is InChI=1S/C48H56N8O6/c1-26(2)39(53-46(59)61-5)44(57)55-25-48(17-18-48)22-38(55)42-49-23-36(51-42)29-9-7-28(8-10-29)30-11-12-32-20-33(14-13-31(32)19-30)37-24-50-43(52-37)41-34-15-16-35(21-34)56(41)45(58)40(27(3)4)54-47(60)62-6/h7-14,19-20,23-24,26-27,34-35,38-41H,15-18,21-22,25H2,1-6H3,(H,49,51)(H,50,52)(H,53,59)(H,54,60)/t34?,35-,38+,39+,40+,41?/m1/s1. The van der Waals surface area contributed by atoms with Gasteiger partial charge in [0.25, 0.3) is 0 Å². The number of carbonyl (C=O) groups excluding carboxylic acids is 4. The number of rotatable bonds is 11. The Hall–Kier alpha value is -6.18. The lowest BCUT2D eigenvalue weighted by molar-refractivity contribution is -0.139. The summed E-state index contributed by atoms with van der Waals surface area (Å²) < 4.78 is 9.65. The van der Waals surface area contributed by atoms with Gasteiger partial charge in [0.1, 0.15) is 23.7 Å². The maximum atomic E-state index is 14.0. The fourth-order valence-corrected chi connectivity index (χ4v) is 10.2. The van der Waals surface area contributed by atoms with Gasteiger partial charge >= 0.3 is 12.2 Å². The van der Waals surface area contributed by atoms with E-state index >= 15 is 0 Å². The Balaban J connectivity index is 0.893. The highest BCUT2D eigenvalue weighted by molar-refractivity contribution is 5.91. The molecule has 4 amide bonds. The number of methoxy groups -OCH3 is 2. The van der Waals surface area contributed by atoms with Crippen LogP contribution in [0.15, 0.2) is 73.1 Å². The van der Waals surface area contributed by atoms with Crippen molar-refractivity contribution < 1.29 is 28.7 Å². The van der Waals surface area contributed by atoms with E-state index in [0.717, 1.165) is 94.6 Å². The number of fused-ring (bicyclic) bond motifs is 3. The molecule has 4 N–H and O–H groups in total. The molecule has 14 nitrogen and oxygen atoms in total. The first-order chi connectivity index (χ1) is 29.8. The Labute approximate surface area is 361 Å². The summed E-state index contributed by atoms with van der Waals surface area (Å²) in [4.78, 5) is 72.7. The van der Waals surface area contributed by atoms with Crippen LogP contribution in [0.1, 0.15) is 90.0 Å². The molecule has 6 atom stereocenters. The monoisotopic (exact) mass is 840 g/mol. The van der Waals surface area contributed by atoms with Crippen LogP contribution >= 0.6 is 0 Å². The van der Waals surface area contributed by atoms with E-state index in [1.807, 2.05) is 49.9 Å². The Morgan fingerprint density at radius 2 is 1.26 bits per heavy atom. The van der Waals surface area contributed by atoms with E-state index in [0.29, 0.717) is 12.5 Å². The molecule has 2 saturated carbocycles. The second-order valence-corrected chi connectivity index (χ2v) is 18.5. The van der Waals surface area contributed by atoms with E-state index < -0.39 is 24.3 Å². The van der Waals surface area contributed by atoms with Crippen molar-refractivity contribution in [3.8, 4) is 33.6 Å². The van der Waals surface area contributed by atoms with Gasteiger partial charge in [0.15, 0.2) is 0 Å². The highest BCUT2D eigenvalue weighted by Gasteiger charge is 2.55. The summed E-state index contributed by atoms with van der Waals surface area (Å²) in [5.41, 5.74) is 6.09. The zero-order valence-electron chi connectivity index (χ0n) is 36.2. The van der Waals surface area contributed by atoms with Gasteiger partial charge in [-0.05, 0) is 101 Å². The molecule has 5 aromatic rings. The molecule has 4 fully saturated rings. The second-order valence-electron chi connectivity index (χ2n) is 18.5. The molecule has 3 aromatic carbocycles. The van der Waals surface area contributed by atoms with Crippen LogP contribution in [0.4, 0.5) is 9.59 Å². The van der Waals surface area contributed by atoms with Crippen LogP contribution in [0.5, 0.6) is 0 Å². The minimum atomic E-state index is -0.686. The topological polar surface area (TPSA) is 175 Å². The summed E-state index contributed by atoms with van der Waals surface area (Å²) in [7, 11) is 2.62. The van der Waals surface area contributed by atoms with E-state index in [-0.39, 0.29) is 47.2 Å². The molecule has 0 radical (unpaired) electrons. The normalized spacial score (nSPS) is 22.1. The van der Waals surface area contributed by atoms with Crippen LogP contribution in [0.3, 0.4) is 0 Å². The summed E-state index contributed by atoms with van der Waals surface area (Å²) in [5, 5.41) is 7.73. The average Bonchev–Trinajstić information content (AvgIpc) is 3.91. The number of aromatic nitrogens is 4. The maximum absolute atomic E-state index is 14.0. The molecule has 4 aliphatic rings. The minimum Gasteiger partial charge on any atom is -0.453 e. The number of hydrogen-bond donors (Lipinski definition) is 4. The quantitative estimate of drug-likeness (QED) is 0.103. The lowest BCUT2D eigenvalue weighted by atomic mass is 9.95. The van der Waals surface area contributed by atoms with Crippen molar-refractivity contribution in [1.29, 1.82) is 0 Å². The van der Waals surface area contributed by atoms with Gasteiger partial charge < -0.3 is 39.9 Å². The van der Waals surface area contributed by atoms with E-state index in [2.05, 4.69) is 81.3 Å². The van der Waals surface area contributed by atoms with Gasteiger partial charge in [-0.3, -0.25) is 9.59 Å².